The topological polar surface area (TPSA) is 39.1 Å². The number of rotatable bonds is 4. The Hall–Kier alpha value is -0.870. The molecule has 1 aliphatic rings. The highest BCUT2D eigenvalue weighted by Crippen LogP contribution is 2.26. The maximum atomic E-state index is 5.41. The number of hydrogen-bond acceptors (Lipinski definition) is 3. The van der Waals surface area contributed by atoms with Crippen LogP contribution in [-0.4, -0.2) is 29.5 Å². The van der Waals surface area contributed by atoms with Crippen molar-refractivity contribution in [3.8, 4) is 0 Å². The molecule has 0 radical (unpaired) electrons. The van der Waals surface area contributed by atoms with Crippen molar-refractivity contribution in [3.63, 3.8) is 0 Å². The van der Waals surface area contributed by atoms with Crippen LogP contribution in [0.1, 0.15) is 30.5 Å². The van der Waals surface area contributed by atoms with Crippen LogP contribution in [0.3, 0.4) is 0 Å². The van der Waals surface area contributed by atoms with E-state index >= 15 is 0 Å². The monoisotopic (exact) mass is 209 g/mol. The Labute approximate surface area is 90.6 Å². The number of nitrogens with one attached hydrogen (secondary N) is 1. The molecule has 1 fully saturated rings. The van der Waals surface area contributed by atoms with Gasteiger partial charge in [-0.15, -0.1) is 0 Å². The van der Waals surface area contributed by atoms with Gasteiger partial charge < -0.3 is 10.1 Å². The van der Waals surface area contributed by atoms with Gasteiger partial charge in [-0.05, 0) is 13.0 Å². The first-order valence-corrected chi connectivity index (χ1v) is 5.62. The number of ether oxygens (including phenoxy) is 1. The van der Waals surface area contributed by atoms with Crippen LogP contribution in [0.25, 0.3) is 0 Å². The Balaban J connectivity index is 2.13. The minimum atomic E-state index is 0.500. The molecule has 84 valence electrons. The summed E-state index contributed by atoms with van der Waals surface area (Å²) in [6.07, 6.45) is 3.21. The van der Waals surface area contributed by atoms with E-state index in [1.165, 1.54) is 11.3 Å². The van der Waals surface area contributed by atoms with Crippen molar-refractivity contribution in [1.29, 1.82) is 0 Å². The molecule has 0 amide bonds. The van der Waals surface area contributed by atoms with E-state index in [9.17, 15) is 0 Å². The maximum Gasteiger partial charge on any atom is 0.0724 e. The highest BCUT2D eigenvalue weighted by atomic mass is 16.5. The summed E-state index contributed by atoms with van der Waals surface area (Å²) >= 11 is 0. The zero-order chi connectivity index (χ0) is 10.7. The van der Waals surface area contributed by atoms with Gasteiger partial charge in [-0.2, -0.15) is 5.10 Å². The fourth-order valence-electron chi connectivity index (χ4n) is 2.04. The highest BCUT2D eigenvalue weighted by molar-refractivity contribution is 5.21. The van der Waals surface area contributed by atoms with Crippen LogP contribution >= 0.6 is 0 Å². The van der Waals surface area contributed by atoms with Gasteiger partial charge in [-0.1, -0.05) is 6.92 Å². The molecule has 1 aliphatic heterocycles. The lowest BCUT2D eigenvalue weighted by Crippen LogP contribution is -2.13. The Morgan fingerprint density at radius 1 is 1.67 bits per heavy atom. The largest absolute Gasteiger partial charge is 0.381 e. The molecule has 1 aromatic rings. The SMILES string of the molecule is CCNCc1cn(C)nc1C1CCOC1. The summed E-state index contributed by atoms with van der Waals surface area (Å²) in [5.41, 5.74) is 2.53. The van der Waals surface area contributed by atoms with E-state index in [0.29, 0.717) is 5.92 Å². The van der Waals surface area contributed by atoms with Gasteiger partial charge in [-0.25, -0.2) is 0 Å². The number of hydrogen-bond donors (Lipinski definition) is 1. The predicted octanol–water partition coefficient (Wildman–Crippen LogP) is 1.03. The zero-order valence-corrected chi connectivity index (χ0v) is 9.49. The number of nitrogens with zero attached hydrogens (tertiary/aromatic N) is 2. The predicted molar refractivity (Wildman–Crippen MR) is 58.8 cm³/mol. The standard InChI is InChI=1S/C11H19N3O/c1-3-12-6-10-7-14(2)13-11(10)9-4-5-15-8-9/h7,9,12H,3-6,8H2,1-2H3. The quantitative estimate of drug-likeness (QED) is 0.805. The van der Waals surface area contributed by atoms with Crippen molar-refractivity contribution in [2.75, 3.05) is 19.8 Å². The molecule has 0 saturated carbocycles. The van der Waals surface area contributed by atoms with E-state index in [1.54, 1.807) is 0 Å². The van der Waals surface area contributed by atoms with E-state index in [-0.39, 0.29) is 0 Å². The first-order chi connectivity index (χ1) is 7.31. The molecule has 1 unspecified atom stereocenters. The smallest absolute Gasteiger partial charge is 0.0724 e. The van der Waals surface area contributed by atoms with Crippen LogP contribution in [0.15, 0.2) is 6.20 Å². The summed E-state index contributed by atoms with van der Waals surface area (Å²) in [6.45, 7) is 5.73. The van der Waals surface area contributed by atoms with E-state index in [2.05, 4.69) is 23.5 Å². The second kappa shape index (κ2) is 4.77. The number of aromatic nitrogens is 2. The van der Waals surface area contributed by atoms with Crippen molar-refractivity contribution in [2.24, 2.45) is 7.05 Å². The van der Waals surface area contributed by atoms with Gasteiger partial charge in [0.05, 0.1) is 12.3 Å². The van der Waals surface area contributed by atoms with Gasteiger partial charge in [0.2, 0.25) is 0 Å². The maximum absolute atomic E-state index is 5.41. The molecule has 2 rings (SSSR count). The lowest BCUT2D eigenvalue weighted by Gasteiger charge is -2.07. The molecule has 0 spiro atoms. The van der Waals surface area contributed by atoms with Crippen molar-refractivity contribution in [1.82, 2.24) is 15.1 Å². The van der Waals surface area contributed by atoms with Gasteiger partial charge in [0.15, 0.2) is 0 Å². The van der Waals surface area contributed by atoms with Gasteiger partial charge >= 0.3 is 0 Å². The molecular weight excluding hydrogens is 190 g/mol. The van der Waals surface area contributed by atoms with Gasteiger partial charge in [0.1, 0.15) is 0 Å². The van der Waals surface area contributed by atoms with E-state index in [1.807, 2.05) is 11.7 Å². The van der Waals surface area contributed by atoms with Crippen LogP contribution in [0.2, 0.25) is 0 Å². The minimum Gasteiger partial charge on any atom is -0.381 e. The Morgan fingerprint density at radius 2 is 2.53 bits per heavy atom. The van der Waals surface area contributed by atoms with E-state index in [0.717, 1.165) is 32.7 Å². The summed E-state index contributed by atoms with van der Waals surface area (Å²) in [6, 6.07) is 0. The molecule has 0 bridgehead atoms. The third-order valence-electron chi connectivity index (χ3n) is 2.82. The van der Waals surface area contributed by atoms with Crippen LogP contribution in [0.4, 0.5) is 0 Å². The third kappa shape index (κ3) is 2.38. The molecule has 0 aromatic carbocycles. The second-order valence-corrected chi connectivity index (χ2v) is 4.05. The van der Waals surface area contributed by atoms with Crippen molar-refractivity contribution < 1.29 is 4.74 Å². The van der Waals surface area contributed by atoms with Gasteiger partial charge in [-0.3, -0.25) is 4.68 Å². The lowest BCUT2D eigenvalue weighted by atomic mass is 10.0. The molecular formula is C11H19N3O. The summed E-state index contributed by atoms with van der Waals surface area (Å²) in [5.74, 6) is 0.500. The molecule has 15 heavy (non-hydrogen) atoms. The summed E-state index contributed by atoms with van der Waals surface area (Å²) in [7, 11) is 1.98. The Kier molecular flexibility index (Phi) is 3.38. The Morgan fingerprint density at radius 3 is 3.20 bits per heavy atom. The third-order valence-corrected chi connectivity index (χ3v) is 2.82. The molecule has 4 nitrogen and oxygen atoms in total. The molecule has 1 aromatic heterocycles. The first-order valence-electron chi connectivity index (χ1n) is 5.62. The molecule has 4 heteroatoms. The number of aryl methyl sites for hydroxylation is 1. The zero-order valence-electron chi connectivity index (χ0n) is 9.49. The summed E-state index contributed by atoms with van der Waals surface area (Å²) < 4.78 is 7.31. The van der Waals surface area contributed by atoms with E-state index in [4.69, 9.17) is 4.74 Å². The fraction of sp³-hybridized carbons (Fsp3) is 0.727. The van der Waals surface area contributed by atoms with Gasteiger partial charge in [0, 0.05) is 37.9 Å². The molecule has 1 atom stereocenters. The average Bonchev–Trinajstić information content (AvgIpc) is 2.83. The summed E-state index contributed by atoms with van der Waals surface area (Å²) in [5, 5.41) is 7.89. The first kappa shape index (κ1) is 10.6. The Bertz CT molecular complexity index is 316. The normalized spacial score (nSPS) is 21.1. The highest BCUT2D eigenvalue weighted by Gasteiger charge is 2.23. The van der Waals surface area contributed by atoms with E-state index < -0.39 is 0 Å². The second-order valence-electron chi connectivity index (χ2n) is 4.05. The molecule has 2 heterocycles. The minimum absolute atomic E-state index is 0.500. The van der Waals surface area contributed by atoms with Crippen LogP contribution < -0.4 is 5.32 Å². The molecule has 1 N–H and O–H groups in total. The molecule has 1 saturated heterocycles. The average molecular weight is 209 g/mol. The van der Waals surface area contributed by atoms with Crippen molar-refractivity contribution >= 4 is 0 Å². The van der Waals surface area contributed by atoms with Crippen LogP contribution in [0, 0.1) is 0 Å². The molecule has 0 aliphatic carbocycles. The fourth-order valence-corrected chi connectivity index (χ4v) is 2.04. The van der Waals surface area contributed by atoms with Crippen LogP contribution in [-0.2, 0) is 18.3 Å². The lowest BCUT2D eigenvalue weighted by molar-refractivity contribution is 0.193. The van der Waals surface area contributed by atoms with Crippen molar-refractivity contribution in [2.45, 2.75) is 25.8 Å². The van der Waals surface area contributed by atoms with Crippen LogP contribution in [0.5, 0.6) is 0 Å². The van der Waals surface area contributed by atoms with Gasteiger partial charge in [0.25, 0.3) is 0 Å². The summed E-state index contributed by atoms with van der Waals surface area (Å²) in [4.78, 5) is 0. The van der Waals surface area contributed by atoms with Crippen molar-refractivity contribution in [3.05, 3.63) is 17.5 Å².